The molecule has 0 spiro atoms. The lowest BCUT2D eigenvalue weighted by Crippen LogP contribution is -2.51. The molecule has 3 N–H and O–H groups in total. The van der Waals surface area contributed by atoms with Gasteiger partial charge >= 0.3 is 0 Å². The van der Waals surface area contributed by atoms with Crippen LogP contribution in [0.25, 0.3) is 39.1 Å². The highest BCUT2D eigenvalue weighted by atomic mass is 16.5. The van der Waals surface area contributed by atoms with Gasteiger partial charge in [0.2, 0.25) is 0 Å². The van der Waals surface area contributed by atoms with Crippen LogP contribution in [-0.4, -0.2) is 37.9 Å². The molecule has 0 aliphatic heterocycles. The molecule has 0 amide bonds. The van der Waals surface area contributed by atoms with E-state index < -0.39 is 5.54 Å². The zero-order chi connectivity index (χ0) is 23.4. The molecule has 170 valence electrons. The van der Waals surface area contributed by atoms with Gasteiger partial charge in [-0.05, 0) is 30.9 Å². The minimum absolute atomic E-state index is 0.325. The Kier molecular flexibility index (Phi) is 4.65. The highest BCUT2D eigenvalue weighted by Crippen LogP contribution is 2.44. The summed E-state index contributed by atoms with van der Waals surface area (Å²) in [6.07, 6.45) is 2.63. The van der Waals surface area contributed by atoms with Crippen LogP contribution in [0, 0.1) is 6.92 Å². The third-order valence-electron chi connectivity index (χ3n) is 6.71. The number of pyridine rings is 1. The highest BCUT2D eigenvalue weighted by molar-refractivity contribution is 5.98. The second-order valence-electron chi connectivity index (χ2n) is 9.08. The van der Waals surface area contributed by atoms with E-state index in [2.05, 4.69) is 22.2 Å². The highest BCUT2D eigenvalue weighted by Gasteiger charge is 2.41. The number of ether oxygens (including phenoxy) is 1. The Bertz CT molecular complexity index is 1520. The van der Waals surface area contributed by atoms with E-state index in [1.165, 1.54) is 0 Å². The average molecular weight is 452 g/mol. The quantitative estimate of drug-likeness (QED) is 0.424. The number of aryl methyl sites for hydroxylation is 1. The van der Waals surface area contributed by atoms with Crippen LogP contribution in [-0.2, 0) is 5.54 Å². The van der Waals surface area contributed by atoms with Gasteiger partial charge in [0.25, 0.3) is 0 Å². The van der Waals surface area contributed by atoms with Crippen molar-refractivity contribution in [3.8, 4) is 28.1 Å². The van der Waals surface area contributed by atoms with Crippen molar-refractivity contribution in [1.29, 1.82) is 0 Å². The number of aliphatic hydroxyl groups excluding tert-OH is 1. The Balaban J connectivity index is 1.62. The first-order chi connectivity index (χ1) is 16.5. The number of nitrogens with two attached hydrogens (primary N) is 1. The third kappa shape index (κ3) is 3.16. The summed E-state index contributed by atoms with van der Waals surface area (Å²) in [5.41, 5.74) is 13.0. The molecule has 3 aromatic heterocycles. The zero-order valence-corrected chi connectivity index (χ0v) is 19.1. The monoisotopic (exact) mass is 451 g/mol. The fraction of sp³-hybridized carbons (Fsp3) is 0.222. The Hall–Kier alpha value is -3.81. The summed E-state index contributed by atoms with van der Waals surface area (Å²) in [6.45, 7) is 1.94. The Morgan fingerprint density at radius 3 is 2.47 bits per heavy atom. The normalized spacial score (nSPS) is 19.9. The number of benzene rings is 2. The van der Waals surface area contributed by atoms with E-state index in [1.807, 2.05) is 55.5 Å². The number of rotatable bonds is 4. The van der Waals surface area contributed by atoms with Gasteiger partial charge in [0, 0.05) is 23.4 Å². The maximum atomic E-state index is 9.77. The van der Waals surface area contributed by atoms with E-state index in [0.29, 0.717) is 24.2 Å². The molecule has 0 bridgehead atoms. The van der Waals surface area contributed by atoms with Crippen LogP contribution in [0.3, 0.4) is 0 Å². The molecule has 0 radical (unpaired) electrons. The molecule has 0 unspecified atom stereocenters. The fourth-order valence-corrected chi connectivity index (χ4v) is 4.98. The van der Waals surface area contributed by atoms with Crippen molar-refractivity contribution in [2.75, 3.05) is 7.11 Å². The van der Waals surface area contributed by atoms with Crippen molar-refractivity contribution in [2.45, 2.75) is 31.4 Å². The summed E-state index contributed by atoms with van der Waals surface area (Å²) in [6, 6.07) is 20.2. The summed E-state index contributed by atoms with van der Waals surface area (Å²) in [5.74, 6) is 0.704. The molecule has 2 aromatic carbocycles. The first kappa shape index (κ1) is 20.8. The average Bonchev–Trinajstić information content (AvgIpc) is 3.23. The lowest BCUT2D eigenvalue weighted by molar-refractivity contribution is 0.0209. The van der Waals surface area contributed by atoms with Crippen molar-refractivity contribution in [3.05, 3.63) is 78.1 Å². The number of nitrogens with zero attached hydrogens (tertiary/aromatic N) is 4. The van der Waals surface area contributed by atoms with Crippen LogP contribution in [0.15, 0.2) is 66.9 Å². The zero-order valence-electron chi connectivity index (χ0n) is 19.1. The molecule has 0 atom stereocenters. The van der Waals surface area contributed by atoms with Crippen LogP contribution in [0.5, 0.6) is 5.75 Å². The number of aromatic nitrogens is 4. The van der Waals surface area contributed by atoms with E-state index in [1.54, 1.807) is 17.8 Å². The van der Waals surface area contributed by atoms with Gasteiger partial charge in [0.05, 0.1) is 35.6 Å². The van der Waals surface area contributed by atoms with Gasteiger partial charge in [-0.25, -0.2) is 9.97 Å². The van der Waals surface area contributed by atoms with Crippen LogP contribution in [0.4, 0.5) is 0 Å². The van der Waals surface area contributed by atoms with Crippen LogP contribution in [0.1, 0.15) is 24.1 Å². The van der Waals surface area contributed by atoms with Crippen LogP contribution >= 0.6 is 0 Å². The molecule has 1 aliphatic rings. The molecule has 34 heavy (non-hydrogen) atoms. The lowest BCUT2D eigenvalue weighted by atomic mass is 9.70. The van der Waals surface area contributed by atoms with Gasteiger partial charge in [0.1, 0.15) is 5.75 Å². The van der Waals surface area contributed by atoms with E-state index in [0.717, 1.165) is 44.7 Å². The number of fused-ring (bicyclic) bond motifs is 3. The molecule has 3 heterocycles. The molecule has 7 heteroatoms. The van der Waals surface area contributed by atoms with Crippen molar-refractivity contribution < 1.29 is 9.84 Å². The molecule has 5 aromatic rings. The van der Waals surface area contributed by atoms with Crippen molar-refractivity contribution >= 4 is 16.7 Å². The largest absolute Gasteiger partial charge is 0.495 e. The number of aliphatic hydroxyl groups is 1. The number of hydrogen-bond acceptors (Lipinski definition) is 6. The van der Waals surface area contributed by atoms with Crippen LogP contribution in [0.2, 0.25) is 0 Å². The number of hydrogen-bond donors (Lipinski definition) is 2. The van der Waals surface area contributed by atoms with Gasteiger partial charge in [-0.1, -0.05) is 54.6 Å². The Labute approximate surface area is 196 Å². The predicted octanol–water partition coefficient (Wildman–Crippen LogP) is 4.24. The van der Waals surface area contributed by atoms with Crippen molar-refractivity contribution in [3.63, 3.8) is 0 Å². The first-order valence-electron chi connectivity index (χ1n) is 11.3. The topological polar surface area (TPSA) is 98.6 Å². The minimum atomic E-state index is -0.473. The van der Waals surface area contributed by atoms with Gasteiger partial charge in [0.15, 0.2) is 11.3 Å². The van der Waals surface area contributed by atoms with E-state index in [4.69, 9.17) is 15.5 Å². The standard InChI is InChI=1S/C27H25N5O2/c1-16-12-22-29-15-21-25(34-2)23(17-6-4-3-5-7-17)24(30-26(21)32(22)31-16)18-8-10-19(11-9-18)27(28)13-20(33)14-27/h3-12,15,20,33H,13-14,28H2,1-2H3. The summed E-state index contributed by atoms with van der Waals surface area (Å²) in [7, 11) is 1.67. The van der Waals surface area contributed by atoms with E-state index in [9.17, 15) is 5.11 Å². The first-order valence-corrected chi connectivity index (χ1v) is 11.3. The fourth-order valence-electron chi connectivity index (χ4n) is 4.98. The maximum absolute atomic E-state index is 9.77. The molecule has 1 fully saturated rings. The molecule has 1 saturated carbocycles. The lowest BCUT2D eigenvalue weighted by Gasteiger charge is -2.42. The molecule has 1 aliphatic carbocycles. The predicted molar refractivity (Wildman–Crippen MR) is 132 cm³/mol. The molecule has 6 rings (SSSR count). The van der Waals surface area contributed by atoms with Gasteiger partial charge in [-0.2, -0.15) is 9.61 Å². The second-order valence-corrected chi connectivity index (χ2v) is 9.08. The van der Waals surface area contributed by atoms with Crippen molar-refractivity contribution in [1.82, 2.24) is 19.6 Å². The second kappa shape index (κ2) is 7.62. The van der Waals surface area contributed by atoms with Crippen molar-refractivity contribution in [2.24, 2.45) is 5.73 Å². The molecule has 7 nitrogen and oxygen atoms in total. The molecular weight excluding hydrogens is 426 g/mol. The molecule has 0 saturated heterocycles. The van der Waals surface area contributed by atoms with Gasteiger partial charge < -0.3 is 15.6 Å². The SMILES string of the molecule is COc1c(-c2ccccc2)c(-c2ccc(C3(N)CC(O)C3)cc2)nc2c1cnc1cc(C)nn12. The maximum Gasteiger partial charge on any atom is 0.169 e. The summed E-state index contributed by atoms with van der Waals surface area (Å²) in [5, 5.41) is 15.2. The third-order valence-corrected chi connectivity index (χ3v) is 6.71. The van der Waals surface area contributed by atoms with E-state index in [-0.39, 0.29) is 6.10 Å². The Morgan fingerprint density at radius 1 is 1.06 bits per heavy atom. The van der Waals surface area contributed by atoms with Crippen LogP contribution < -0.4 is 10.5 Å². The smallest absolute Gasteiger partial charge is 0.169 e. The summed E-state index contributed by atoms with van der Waals surface area (Å²) >= 11 is 0. The molecular formula is C27H25N5O2. The van der Waals surface area contributed by atoms with Gasteiger partial charge in [-0.15, -0.1) is 0 Å². The number of methoxy groups -OCH3 is 1. The summed E-state index contributed by atoms with van der Waals surface area (Å²) < 4.78 is 7.75. The van der Waals surface area contributed by atoms with E-state index >= 15 is 0 Å². The summed E-state index contributed by atoms with van der Waals surface area (Å²) in [4.78, 5) is 9.70. The van der Waals surface area contributed by atoms with Gasteiger partial charge in [-0.3, -0.25) is 0 Å². The Morgan fingerprint density at radius 2 is 1.79 bits per heavy atom. The minimum Gasteiger partial charge on any atom is -0.495 e.